The Morgan fingerprint density at radius 2 is 1.84 bits per heavy atom. The molecule has 1 amide bonds. The third-order valence-electron chi connectivity index (χ3n) is 3.35. The van der Waals surface area contributed by atoms with Crippen LogP contribution in [0.4, 0.5) is 5.69 Å². The minimum Gasteiger partial charge on any atom is -0.490 e. The summed E-state index contributed by atoms with van der Waals surface area (Å²) in [5.74, 6) is 1.33. The number of anilines is 1. The largest absolute Gasteiger partial charge is 0.490 e. The number of hydrogen-bond acceptors (Lipinski definition) is 4. The van der Waals surface area contributed by atoms with Crippen molar-refractivity contribution in [3.63, 3.8) is 0 Å². The first kappa shape index (κ1) is 18.3. The molecule has 2 rings (SSSR count). The number of rotatable bonds is 7. The fourth-order valence-electron chi connectivity index (χ4n) is 2.12. The molecule has 1 N–H and O–H groups in total. The maximum absolute atomic E-state index is 12.4. The van der Waals surface area contributed by atoms with Crippen LogP contribution in [0.15, 0.2) is 42.5 Å². The Morgan fingerprint density at radius 3 is 2.44 bits per heavy atom. The van der Waals surface area contributed by atoms with E-state index in [2.05, 4.69) is 19.2 Å². The molecule has 2 aromatic rings. The van der Waals surface area contributed by atoms with Crippen molar-refractivity contribution in [2.24, 2.45) is 5.92 Å². The fraction of sp³-hybridized carbons (Fsp3) is 0.300. The normalized spacial score (nSPS) is 10.2. The van der Waals surface area contributed by atoms with Gasteiger partial charge in [-0.15, -0.1) is 0 Å². The molecular weight excluding hydrogens is 316 g/mol. The van der Waals surface area contributed by atoms with Gasteiger partial charge in [0.15, 0.2) is 11.5 Å². The van der Waals surface area contributed by atoms with Crippen molar-refractivity contribution in [1.29, 1.82) is 5.26 Å². The molecule has 0 aliphatic carbocycles. The van der Waals surface area contributed by atoms with Crippen molar-refractivity contribution in [3.8, 4) is 17.6 Å². The van der Waals surface area contributed by atoms with Crippen molar-refractivity contribution < 1.29 is 14.3 Å². The zero-order chi connectivity index (χ0) is 18.2. The molecule has 130 valence electrons. The molecule has 5 nitrogen and oxygen atoms in total. The number of benzene rings is 2. The maximum atomic E-state index is 12.4. The van der Waals surface area contributed by atoms with E-state index in [0.717, 1.165) is 0 Å². The van der Waals surface area contributed by atoms with E-state index >= 15 is 0 Å². The minimum atomic E-state index is -0.249. The first-order valence-electron chi connectivity index (χ1n) is 8.24. The second-order valence-corrected chi connectivity index (χ2v) is 5.94. The van der Waals surface area contributed by atoms with E-state index in [1.165, 1.54) is 0 Å². The molecule has 0 saturated heterocycles. The second kappa shape index (κ2) is 8.74. The lowest BCUT2D eigenvalue weighted by Gasteiger charge is -2.14. The van der Waals surface area contributed by atoms with Crippen LogP contribution in [0.2, 0.25) is 0 Å². The minimum absolute atomic E-state index is 0.249. The summed E-state index contributed by atoms with van der Waals surface area (Å²) in [7, 11) is 0. The van der Waals surface area contributed by atoms with Gasteiger partial charge in [0.05, 0.1) is 24.8 Å². The molecular formula is C20H22N2O3. The van der Waals surface area contributed by atoms with Crippen LogP contribution in [-0.4, -0.2) is 19.1 Å². The molecule has 0 unspecified atom stereocenters. The monoisotopic (exact) mass is 338 g/mol. The van der Waals surface area contributed by atoms with E-state index in [4.69, 9.17) is 14.7 Å². The Bertz CT molecular complexity index is 762. The Hall–Kier alpha value is -3.00. The Labute approximate surface area is 148 Å². The molecule has 0 spiro atoms. The van der Waals surface area contributed by atoms with Crippen LogP contribution in [0.1, 0.15) is 36.7 Å². The van der Waals surface area contributed by atoms with E-state index in [9.17, 15) is 4.79 Å². The molecule has 0 aliphatic rings. The third-order valence-corrected chi connectivity index (χ3v) is 3.35. The SMILES string of the molecule is CCOc1cc(C(=O)Nc2ccc(C#N)cc2)ccc1OCC(C)C. The number of nitriles is 1. The highest BCUT2D eigenvalue weighted by atomic mass is 16.5. The Morgan fingerprint density at radius 1 is 1.12 bits per heavy atom. The van der Waals surface area contributed by atoms with Crippen LogP contribution >= 0.6 is 0 Å². The second-order valence-electron chi connectivity index (χ2n) is 5.94. The molecule has 0 fully saturated rings. The van der Waals surface area contributed by atoms with Crippen molar-refractivity contribution >= 4 is 11.6 Å². The number of nitrogens with zero attached hydrogens (tertiary/aromatic N) is 1. The predicted octanol–water partition coefficient (Wildman–Crippen LogP) is 4.24. The molecule has 5 heteroatoms. The molecule has 25 heavy (non-hydrogen) atoms. The van der Waals surface area contributed by atoms with E-state index in [1.807, 2.05) is 13.0 Å². The van der Waals surface area contributed by atoms with Crippen LogP contribution < -0.4 is 14.8 Å². The van der Waals surface area contributed by atoms with Gasteiger partial charge in [-0.3, -0.25) is 4.79 Å². The first-order chi connectivity index (χ1) is 12.0. The van der Waals surface area contributed by atoms with Crippen LogP contribution in [0.25, 0.3) is 0 Å². The standard InChI is InChI=1S/C20H22N2O3/c1-4-24-19-11-16(7-10-18(19)25-13-14(2)3)20(23)22-17-8-5-15(12-21)6-9-17/h5-11,14H,4,13H2,1-3H3,(H,22,23). The van der Waals surface area contributed by atoms with E-state index < -0.39 is 0 Å². The van der Waals surface area contributed by atoms with Crippen LogP contribution in [0.5, 0.6) is 11.5 Å². The van der Waals surface area contributed by atoms with Crippen molar-refractivity contribution in [3.05, 3.63) is 53.6 Å². The van der Waals surface area contributed by atoms with E-state index in [-0.39, 0.29) is 5.91 Å². The van der Waals surface area contributed by atoms with Crippen LogP contribution in [-0.2, 0) is 0 Å². The average Bonchev–Trinajstić information content (AvgIpc) is 2.61. The Kier molecular flexibility index (Phi) is 6.41. The number of carbonyl (C=O) groups is 1. The fourth-order valence-corrected chi connectivity index (χ4v) is 2.12. The average molecular weight is 338 g/mol. The number of nitrogens with one attached hydrogen (secondary N) is 1. The number of amides is 1. The highest BCUT2D eigenvalue weighted by Crippen LogP contribution is 2.29. The van der Waals surface area contributed by atoms with Gasteiger partial charge in [0.1, 0.15) is 0 Å². The van der Waals surface area contributed by atoms with Crippen molar-refractivity contribution in [1.82, 2.24) is 0 Å². The number of ether oxygens (including phenoxy) is 2. The topological polar surface area (TPSA) is 71.3 Å². The van der Waals surface area contributed by atoms with E-state index in [0.29, 0.717) is 47.4 Å². The van der Waals surface area contributed by atoms with Crippen LogP contribution in [0, 0.1) is 17.2 Å². The van der Waals surface area contributed by atoms with Gasteiger partial charge in [0.2, 0.25) is 0 Å². The molecule has 0 saturated carbocycles. The van der Waals surface area contributed by atoms with Gasteiger partial charge in [-0.1, -0.05) is 13.8 Å². The van der Waals surface area contributed by atoms with Gasteiger partial charge in [0.25, 0.3) is 5.91 Å². The summed E-state index contributed by atoms with van der Waals surface area (Å²) in [4.78, 5) is 12.4. The van der Waals surface area contributed by atoms with Gasteiger partial charge in [-0.25, -0.2) is 0 Å². The summed E-state index contributed by atoms with van der Waals surface area (Å²) < 4.78 is 11.3. The van der Waals surface area contributed by atoms with Crippen molar-refractivity contribution in [2.45, 2.75) is 20.8 Å². The zero-order valence-corrected chi connectivity index (χ0v) is 14.7. The smallest absolute Gasteiger partial charge is 0.255 e. The van der Waals surface area contributed by atoms with Crippen LogP contribution in [0.3, 0.4) is 0 Å². The Balaban J connectivity index is 2.15. The molecule has 2 aromatic carbocycles. The number of hydrogen-bond donors (Lipinski definition) is 1. The lowest BCUT2D eigenvalue weighted by molar-refractivity contribution is 0.102. The van der Waals surface area contributed by atoms with Gasteiger partial charge in [0, 0.05) is 11.3 Å². The molecule has 0 atom stereocenters. The quantitative estimate of drug-likeness (QED) is 0.819. The third kappa shape index (κ3) is 5.25. The first-order valence-corrected chi connectivity index (χ1v) is 8.24. The summed E-state index contributed by atoms with van der Waals surface area (Å²) in [6, 6.07) is 13.9. The molecule has 0 heterocycles. The van der Waals surface area contributed by atoms with Gasteiger partial charge >= 0.3 is 0 Å². The summed E-state index contributed by atoms with van der Waals surface area (Å²) in [5.41, 5.74) is 1.65. The molecule has 0 aromatic heterocycles. The molecule has 0 radical (unpaired) electrons. The summed E-state index contributed by atoms with van der Waals surface area (Å²) in [5, 5.41) is 11.6. The zero-order valence-electron chi connectivity index (χ0n) is 14.7. The highest BCUT2D eigenvalue weighted by molar-refractivity contribution is 6.04. The highest BCUT2D eigenvalue weighted by Gasteiger charge is 2.12. The molecule has 0 aliphatic heterocycles. The van der Waals surface area contributed by atoms with Gasteiger partial charge < -0.3 is 14.8 Å². The number of carbonyl (C=O) groups excluding carboxylic acids is 1. The summed E-state index contributed by atoms with van der Waals surface area (Å²) >= 11 is 0. The lowest BCUT2D eigenvalue weighted by Crippen LogP contribution is -2.13. The van der Waals surface area contributed by atoms with Gasteiger partial charge in [-0.05, 0) is 55.3 Å². The summed E-state index contributed by atoms with van der Waals surface area (Å²) in [6.45, 7) is 7.09. The predicted molar refractivity (Wildman–Crippen MR) is 97.1 cm³/mol. The van der Waals surface area contributed by atoms with Gasteiger partial charge in [-0.2, -0.15) is 5.26 Å². The van der Waals surface area contributed by atoms with Crippen molar-refractivity contribution in [2.75, 3.05) is 18.5 Å². The molecule has 0 bridgehead atoms. The summed E-state index contributed by atoms with van der Waals surface area (Å²) in [6.07, 6.45) is 0. The lowest BCUT2D eigenvalue weighted by atomic mass is 10.1. The van der Waals surface area contributed by atoms with E-state index in [1.54, 1.807) is 42.5 Å². The maximum Gasteiger partial charge on any atom is 0.255 e.